The topological polar surface area (TPSA) is 80.9 Å². The lowest BCUT2D eigenvalue weighted by molar-refractivity contribution is 0.0784. The Morgan fingerprint density at radius 2 is 1.70 bits per heavy atom. The molecule has 0 bridgehead atoms. The predicted molar refractivity (Wildman–Crippen MR) is 35.1 cm³/mol. The van der Waals surface area contributed by atoms with Gasteiger partial charge in [-0.2, -0.15) is 0 Å². The third-order valence-electron chi connectivity index (χ3n) is 1.06. The Morgan fingerprint density at radius 1 is 1.10 bits per heavy atom. The molecule has 0 spiro atoms. The van der Waals surface area contributed by atoms with E-state index >= 15 is 0 Å². The van der Waals surface area contributed by atoms with Crippen molar-refractivity contribution in [2.45, 2.75) is 18.6 Å². The zero-order valence-electron chi connectivity index (χ0n) is 5.64. The Balaban J connectivity index is 3.27. The number of hydrogen-bond donors (Lipinski definition) is 4. The highest BCUT2D eigenvalue weighted by Crippen LogP contribution is 1.99. The summed E-state index contributed by atoms with van der Waals surface area (Å²) in [5, 5.41) is 34.2. The fourth-order valence-electron chi connectivity index (χ4n) is 0.546. The first-order chi connectivity index (χ1) is 4.70. The number of rotatable bonds is 5. The molecule has 0 heterocycles. The van der Waals surface area contributed by atoms with Gasteiger partial charge in [-0.05, 0) is 6.42 Å². The van der Waals surface area contributed by atoms with Crippen molar-refractivity contribution in [3.05, 3.63) is 6.42 Å². The quantitative estimate of drug-likeness (QED) is 0.375. The van der Waals surface area contributed by atoms with Crippen LogP contribution >= 0.6 is 0 Å². The molecule has 0 aliphatic carbocycles. The van der Waals surface area contributed by atoms with Crippen molar-refractivity contribution in [3.8, 4) is 0 Å². The van der Waals surface area contributed by atoms with Crippen LogP contribution in [0.2, 0.25) is 0 Å². The van der Waals surface area contributed by atoms with E-state index in [2.05, 4.69) is 0 Å². The van der Waals surface area contributed by atoms with Gasteiger partial charge in [0, 0.05) is 13.0 Å². The van der Waals surface area contributed by atoms with Crippen molar-refractivity contribution >= 4 is 0 Å². The summed E-state index contributed by atoms with van der Waals surface area (Å²) in [6.07, 6.45) is -0.471. The molecule has 0 saturated heterocycles. The molecule has 0 aromatic heterocycles. The van der Waals surface area contributed by atoms with Gasteiger partial charge in [0.15, 0.2) is 0 Å². The second-order valence-electron chi connectivity index (χ2n) is 2.02. The van der Waals surface area contributed by atoms with Crippen LogP contribution in [0.15, 0.2) is 0 Å². The van der Waals surface area contributed by atoms with Crippen molar-refractivity contribution in [2.24, 2.45) is 0 Å². The molecule has 0 rings (SSSR count). The predicted octanol–water partition coefficient (Wildman–Crippen LogP) is -1.71. The molecular formula is C6H13O4. The summed E-state index contributed by atoms with van der Waals surface area (Å²) in [7, 11) is 0. The summed E-state index contributed by atoms with van der Waals surface area (Å²) < 4.78 is 0. The van der Waals surface area contributed by atoms with Crippen molar-refractivity contribution in [1.29, 1.82) is 0 Å². The van der Waals surface area contributed by atoms with E-state index in [1.165, 1.54) is 6.42 Å². The smallest absolute Gasteiger partial charge is 0.0828 e. The van der Waals surface area contributed by atoms with Gasteiger partial charge in [-0.3, -0.25) is 0 Å². The Hall–Kier alpha value is -0.160. The Bertz CT molecular complexity index is 76.1. The van der Waals surface area contributed by atoms with E-state index in [9.17, 15) is 0 Å². The maximum absolute atomic E-state index is 8.86. The lowest BCUT2D eigenvalue weighted by atomic mass is 10.1. The highest BCUT2D eigenvalue weighted by molar-refractivity contribution is 4.82. The Kier molecular flexibility index (Phi) is 5.52. The van der Waals surface area contributed by atoms with E-state index < -0.39 is 18.8 Å². The average molecular weight is 149 g/mol. The van der Waals surface area contributed by atoms with Crippen LogP contribution in [0.1, 0.15) is 6.42 Å². The normalized spacial score (nSPS) is 16.8. The van der Waals surface area contributed by atoms with Gasteiger partial charge in [0.1, 0.15) is 0 Å². The molecule has 1 radical (unpaired) electrons. The Labute approximate surface area is 59.7 Å². The van der Waals surface area contributed by atoms with Crippen molar-refractivity contribution in [1.82, 2.24) is 0 Å². The minimum Gasteiger partial charge on any atom is -0.396 e. The van der Waals surface area contributed by atoms with Gasteiger partial charge in [0.05, 0.1) is 18.8 Å². The first-order valence-electron chi connectivity index (χ1n) is 3.13. The van der Waals surface area contributed by atoms with Gasteiger partial charge in [-0.15, -0.1) is 0 Å². The van der Waals surface area contributed by atoms with E-state index in [-0.39, 0.29) is 13.0 Å². The molecule has 10 heavy (non-hydrogen) atoms. The maximum atomic E-state index is 8.86. The summed E-state index contributed by atoms with van der Waals surface area (Å²) in [5.41, 5.74) is 0. The number of hydrogen-bond acceptors (Lipinski definition) is 4. The maximum Gasteiger partial charge on any atom is 0.0828 e. The van der Waals surface area contributed by atoms with Gasteiger partial charge in [0.2, 0.25) is 0 Å². The fraction of sp³-hybridized carbons (Fsp3) is 0.833. The monoisotopic (exact) mass is 149 g/mol. The summed E-state index contributed by atoms with van der Waals surface area (Å²) in [4.78, 5) is 0. The second kappa shape index (κ2) is 5.61. The molecule has 0 fully saturated rings. The molecule has 0 saturated carbocycles. The molecule has 4 heteroatoms. The van der Waals surface area contributed by atoms with E-state index in [1.54, 1.807) is 0 Å². The van der Waals surface area contributed by atoms with Crippen LogP contribution in [-0.4, -0.2) is 45.8 Å². The van der Waals surface area contributed by atoms with Crippen LogP contribution in [0.3, 0.4) is 0 Å². The van der Waals surface area contributed by atoms with Crippen molar-refractivity contribution < 1.29 is 20.4 Å². The zero-order valence-corrected chi connectivity index (χ0v) is 5.64. The van der Waals surface area contributed by atoms with Crippen LogP contribution in [0, 0.1) is 6.42 Å². The van der Waals surface area contributed by atoms with E-state index in [0.717, 1.165) is 0 Å². The molecule has 0 amide bonds. The van der Waals surface area contributed by atoms with Gasteiger partial charge >= 0.3 is 0 Å². The second-order valence-corrected chi connectivity index (χ2v) is 2.02. The highest BCUT2D eigenvalue weighted by Gasteiger charge is 2.09. The number of aliphatic hydroxyl groups excluding tert-OH is 4. The van der Waals surface area contributed by atoms with Crippen molar-refractivity contribution in [2.75, 3.05) is 13.2 Å². The van der Waals surface area contributed by atoms with Crippen LogP contribution < -0.4 is 0 Å². The SMILES string of the molecule is OCCC(O)[CH]C(O)CO. The minimum absolute atomic E-state index is 0.129. The van der Waals surface area contributed by atoms with E-state index in [4.69, 9.17) is 20.4 Å². The molecule has 0 aliphatic heterocycles. The van der Waals surface area contributed by atoms with Crippen molar-refractivity contribution in [3.63, 3.8) is 0 Å². The third-order valence-corrected chi connectivity index (χ3v) is 1.06. The van der Waals surface area contributed by atoms with E-state index in [1.807, 2.05) is 0 Å². The lowest BCUT2D eigenvalue weighted by Gasteiger charge is -2.11. The lowest BCUT2D eigenvalue weighted by Crippen LogP contribution is -2.22. The van der Waals surface area contributed by atoms with E-state index in [0.29, 0.717) is 0 Å². The first-order valence-corrected chi connectivity index (χ1v) is 3.13. The molecule has 4 nitrogen and oxygen atoms in total. The number of aliphatic hydroxyl groups is 4. The zero-order chi connectivity index (χ0) is 7.98. The van der Waals surface area contributed by atoms with Gasteiger partial charge in [-0.25, -0.2) is 0 Å². The van der Waals surface area contributed by atoms with Crippen LogP contribution in [0.4, 0.5) is 0 Å². The molecular weight excluding hydrogens is 136 g/mol. The summed E-state index contributed by atoms with van der Waals surface area (Å²) in [5.74, 6) is 0. The summed E-state index contributed by atoms with van der Waals surface area (Å²) in [6.45, 7) is -0.529. The molecule has 61 valence electrons. The standard InChI is InChI=1S/C6H13O4/c7-2-1-5(9)3-6(10)4-8/h3,5-10H,1-2,4H2. The fourth-order valence-corrected chi connectivity index (χ4v) is 0.546. The first kappa shape index (κ1) is 9.84. The van der Waals surface area contributed by atoms with Crippen LogP contribution in [0.25, 0.3) is 0 Å². The van der Waals surface area contributed by atoms with Gasteiger partial charge in [-0.1, -0.05) is 0 Å². The molecule has 2 atom stereocenters. The molecule has 4 N–H and O–H groups in total. The van der Waals surface area contributed by atoms with Gasteiger partial charge in [0.25, 0.3) is 0 Å². The molecule has 2 unspecified atom stereocenters. The summed E-state index contributed by atoms with van der Waals surface area (Å²) in [6, 6.07) is 0. The minimum atomic E-state index is -0.999. The van der Waals surface area contributed by atoms with Crippen LogP contribution in [0.5, 0.6) is 0 Å². The van der Waals surface area contributed by atoms with Gasteiger partial charge < -0.3 is 20.4 Å². The summed E-state index contributed by atoms with van der Waals surface area (Å²) >= 11 is 0. The third kappa shape index (κ3) is 4.69. The molecule has 0 aliphatic rings. The highest BCUT2D eigenvalue weighted by atomic mass is 16.3. The molecule has 0 aromatic rings. The largest absolute Gasteiger partial charge is 0.396 e. The Morgan fingerprint density at radius 3 is 2.10 bits per heavy atom. The van der Waals surface area contributed by atoms with Crippen LogP contribution in [-0.2, 0) is 0 Å². The average Bonchev–Trinajstić information content (AvgIpc) is 1.88. The molecule has 0 aromatic carbocycles.